The van der Waals surface area contributed by atoms with Gasteiger partial charge in [0.25, 0.3) is 5.56 Å². The first-order valence-corrected chi connectivity index (χ1v) is 9.67. The van der Waals surface area contributed by atoms with Gasteiger partial charge < -0.3 is 14.5 Å². The van der Waals surface area contributed by atoms with Gasteiger partial charge in [-0.1, -0.05) is 46.3 Å². The molecule has 140 valence electrons. The molecule has 4 rings (SSSR count). The summed E-state index contributed by atoms with van der Waals surface area (Å²) in [7, 11) is 0. The van der Waals surface area contributed by atoms with Crippen LogP contribution in [0.2, 0.25) is 0 Å². The van der Waals surface area contributed by atoms with Crippen molar-refractivity contribution in [1.29, 1.82) is 0 Å². The third-order valence-corrected chi connectivity index (χ3v) is 5.06. The van der Waals surface area contributed by atoms with Crippen molar-refractivity contribution in [3.05, 3.63) is 99.5 Å². The van der Waals surface area contributed by atoms with Crippen LogP contribution in [-0.4, -0.2) is 15.0 Å². The van der Waals surface area contributed by atoms with Crippen LogP contribution in [0.15, 0.2) is 88.4 Å². The molecular formula is C22H18BrN3O2. The number of carbonyl (C=O) groups excluding carboxylic acids is 1. The largest absolute Gasteiger partial charge is 0.339 e. The van der Waals surface area contributed by atoms with Gasteiger partial charge in [-0.2, -0.15) is 0 Å². The number of amides is 1. The van der Waals surface area contributed by atoms with Crippen LogP contribution in [0.25, 0.3) is 10.9 Å². The number of pyridine rings is 1. The number of anilines is 1. The Morgan fingerprint density at radius 1 is 0.893 bits per heavy atom. The highest BCUT2D eigenvalue weighted by Gasteiger charge is 2.11. The Labute approximate surface area is 170 Å². The molecule has 0 spiro atoms. The molecule has 0 aliphatic rings. The van der Waals surface area contributed by atoms with Gasteiger partial charge >= 0.3 is 0 Å². The van der Waals surface area contributed by atoms with Crippen LogP contribution >= 0.6 is 15.9 Å². The summed E-state index contributed by atoms with van der Waals surface area (Å²) in [4.78, 5) is 25.4. The molecule has 2 aromatic carbocycles. The molecule has 0 aliphatic carbocycles. The van der Waals surface area contributed by atoms with E-state index in [9.17, 15) is 9.59 Å². The Bertz CT molecular complexity index is 1180. The molecule has 0 unspecified atom stereocenters. The molecule has 0 radical (unpaired) electrons. The first-order chi connectivity index (χ1) is 13.6. The zero-order valence-electron chi connectivity index (χ0n) is 15.0. The molecule has 0 saturated heterocycles. The number of aromatic nitrogens is 2. The number of carbonyl (C=O) groups is 1. The normalized spacial score (nSPS) is 10.9. The lowest BCUT2D eigenvalue weighted by Gasteiger charge is -2.10. The number of rotatable bonds is 5. The molecule has 0 aliphatic heterocycles. The van der Waals surface area contributed by atoms with Gasteiger partial charge in [0, 0.05) is 34.5 Å². The zero-order chi connectivity index (χ0) is 19.5. The maximum atomic E-state index is 13.0. The van der Waals surface area contributed by atoms with Crippen molar-refractivity contribution in [2.45, 2.75) is 13.1 Å². The van der Waals surface area contributed by atoms with Gasteiger partial charge in [0.1, 0.15) is 12.1 Å². The molecule has 2 heterocycles. The Morgan fingerprint density at radius 3 is 2.29 bits per heavy atom. The van der Waals surface area contributed by atoms with E-state index in [1.54, 1.807) is 18.3 Å². The number of halogens is 1. The molecule has 0 saturated carbocycles. The van der Waals surface area contributed by atoms with E-state index >= 15 is 0 Å². The topological polar surface area (TPSA) is 56.0 Å². The summed E-state index contributed by atoms with van der Waals surface area (Å²) in [6.07, 6.45) is 3.57. The monoisotopic (exact) mass is 435 g/mol. The highest BCUT2D eigenvalue weighted by Crippen LogP contribution is 2.15. The van der Waals surface area contributed by atoms with E-state index in [1.165, 1.54) is 4.57 Å². The number of fused-ring (bicyclic) bond motifs is 1. The third-order valence-electron chi connectivity index (χ3n) is 4.53. The quantitative estimate of drug-likeness (QED) is 0.509. The maximum absolute atomic E-state index is 13.0. The smallest absolute Gasteiger partial charge is 0.275 e. The van der Waals surface area contributed by atoms with Crippen LogP contribution < -0.4 is 10.9 Å². The van der Waals surface area contributed by atoms with Gasteiger partial charge in [0.05, 0.1) is 0 Å². The van der Waals surface area contributed by atoms with Crippen LogP contribution in [0.1, 0.15) is 5.56 Å². The van der Waals surface area contributed by atoms with Gasteiger partial charge in [-0.3, -0.25) is 9.59 Å². The van der Waals surface area contributed by atoms with Crippen molar-refractivity contribution in [1.82, 2.24) is 9.13 Å². The average molecular weight is 436 g/mol. The van der Waals surface area contributed by atoms with E-state index in [0.29, 0.717) is 17.7 Å². The summed E-state index contributed by atoms with van der Waals surface area (Å²) in [6.45, 7) is 0.566. The lowest BCUT2D eigenvalue weighted by atomic mass is 10.2. The van der Waals surface area contributed by atoms with E-state index in [4.69, 9.17) is 0 Å². The van der Waals surface area contributed by atoms with Crippen molar-refractivity contribution in [3.63, 3.8) is 0 Å². The minimum absolute atomic E-state index is 0.0403. The molecule has 6 heteroatoms. The molecule has 0 bridgehead atoms. The van der Waals surface area contributed by atoms with Crippen molar-refractivity contribution >= 4 is 38.4 Å². The summed E-state index contributed by atoms with van der Waals surface area (Å²) in [5.74, 6) is -0.245. The minimum atomic E-state index is -0.245. The van der Waals surface area contributed by atoms with Gasteiger partial charge in [-0.05, 0) is 42.0 Å². The van der Waals surface area contributed by atoms with Crippen LogP contribution in [0, 0.1) is 0 Å². The Kier molecular flexibility index (Phi) is 5.12. The molecule has 1 N–H and O–H groups in total. The molecule has 0 fully saturated rings. The molecule has 5 nitrogen and oxygen atoms in total. The number of benzene rings is 2. The second kappa shape index (κ2) is 7.86. The predicted octanol–water partition coefficient (Wildman–Crippen LogP) is 4.25. The summed E-state index contributed by atoms with van der Waals surface area (Å²) in [5.41, 5.74) is 2.23. The highest BCUT2D eigenvalue weighted by molar-refractivity contribution is 9.10. The second-order valence-corrected chi connectivity index (χ2v) is 7.45. The maximum Gasteiger partial charge on any atom is 0.275 e. The Morgan fingerprint density at radius 2 is 1.57 bits per heavy atom. The number of hydrogen-bond acceptors (Lipinski definition) is 2. The summed E-state index contributed by atoms with van der Waals surface area (Å²) < 4.78 is 4.31. The zero-order valence-corrected chi connectivity index (χ0v) is 16.6. The van der Waals surface area contributed by atoms with E-state index in [0.717, 1.165) is 15.4 Å². The lowest BCUT2D eigenvalue weighted by Crippen LogP contribution is -2.28. The first-order valence-electron chi connectivity index (χ1n) is 8.88. The van der Waals surface area contributed by atoms with Gasteiger partial charge in [0.2, 0.25) is 5.91 Å². The fraction of sp³-hybridized carbons (Fsp3) is 0.0909. The van der Waals surface area contributed by atoms with Crippen molar-refractivity contribution < 1.29 is 4.79 Å². The molecule has 4 aromatic rings. The SMILES string of the molecule is O=C(Cn1ccc2ccn(Cc3ccccc3)c2c1=O)Nc1ccc(Br)cc1. The van der Waals surface area contributed by atoms with E-state index in [-0.39, 0.29) is 18.0 Å². The van der Waals surface area contributed by atoms with E-state index in [2.05, 4.69) is 21.2 Å². The van der Waals surface area contributed by atoms with Crippen LogP contribution in [0.4, 0.5) is 5.69 Å². The number of hydrogen-bond donors (Lipinski definition) is 1. The van der Waals surface area contributed by atoms with E-state index in [1.807, 2.05) is 65.4 Å². The molecule has 1 amide bonds. The van der Waals surface area contributed by atoms with Gasteiger partial charge in [-0.25, -0.2) is 0 Å². The molecule has 28 heavy (non-hydrogen) atoms. The van der Waals surface area contributed by atoms with Crippen LogP contribution in [0.3, 0.4) is 0 Å². The molecule has 0 atom stereocenters. The van der Waals surface area contributed by atoms with Gasteiger partial charge in [0.15, 0.2) is 0 Å². The Balaban J connectivity index is 1.58. The van der Waals surface area contributed by atoms with Crippen LogP contribution in [0.5, 0.6) is 0 Å². The second-order valence-electron chi connectivity index (χ2n) is 6.54. The van der Waals surface area contributed by atoms with Crippen LogP contribution in [-0.2, 0) is 17.9 Å². The first kappa shape index (κ1) is 18.3. The lowest BCUT2D eigenvalue weighted by molar-refractivity contribution is -0.116. The minimum Gasteiger partial charge on any atom is -0.339 e. The fourth-order valence-electron chi connectivity index (χ4n) is 3.17. The summed E-state index contributed by atoms with van der Waals surface area (Å²) >= 11 is 3.36. The highest BCUT2D eigenvalue weighted by atomic mass is 79.9. The third kappa shape index (κ3) is 3.92. The fourth-order valence-corrected chi connectivity index (χ4v) is 3.43. The molecular weight excluding hydrogens is 418 g/mol. The summed E-state index contributed by atoms with van der Waals surface area (Å²) in [6, 6.07) is 21.1. The average Bonchev–Trinajstić information content (AvgIpc) is 3.10. The predicted molar refractivity (Wildman–Crippen MR) is 115 cm³/mol. The number of nitrogens with one attached hydrogen (secondary N) is 1. The van der Waals surface area contributed by atoms with Crippen molar-refractivity contribution in [2.75, 3.05) is 5.32 Å². The standard InChI is InChI=1S/C22H18BrN3O2/c23-18-6-8-19(9-7-18)24-20(27)15-26-13-11-17-10-12-25(21(17)22(26)28)14-16-4-2-1-3-5-16/h1-13H,14-15H2,(H,24,27). The van der Waals surface area contributed by atoms with E-state index < -0.39 is 0 Å². The van der Waals surface area contributed by atoms with Gasteiger partial charge in [-0.15, -0.1) is 0 Å². The van der Waals surface area contributed by atoms with Crippen molar-refractivity contribution in [3.8, 4) is 0 Å². The number of nitrogens with zero attached hydrogens (tertiary/aromatic N) is 2. The Hall–Kier alpha value is -3.12. The summed E-state index contributed by atoms with van der Waals surface area (Å²) in [5, 5.41) is 3.68. The molecule has 2 aromatic heterocycles. The van der Waals surface area contributed by atoms with Crippen molar-refractivity contribution in [2.24, 2.45) is 0 Å².